The summed E-state index contributed by atoms with van der Waals surface area (Å²) < 4.78 is 0. The van der Waals surface area contributed by atoms with Crippen LogP contribution in [-0.2, 0) is 0 Å². The first kappa shape index (κ1) is 17.4. The van der Waals surface area contributed by atoms with Crippen molar-refractivity contribution in [2.24, 2.45) is 52.3 Å². The minimum atomic E-state index is -0.0368. The zero-order valence-corrected chi connectivity index (χ0v) is 16.7. The summed E-state index contributed by atoms with van der Waals surface area (Å²) in [6.07, 6.45) is 11.1. The topological polar surface area (TPSA) is 20.2 Å². The predicted molar refractivity (Wildman–Crippen MR) is 101 cm³/mol. The number of aliphatic hydroxyl groups excluding tert-OH is 1. The maximum atomic E-state index is 10.4. The van der Waals surface area contributed by atoms with Crippen molar-refractivity contribution in [2.45, 2.75) is 92.1 Å². The van der Waals surface area contributed by atoms with Crippen molar-refractivity contribution in [2.75, 3.05) is 0 Å². The number of hydrogen-bond acceptors (Lipinski definition) is 1. The largest absolute Gasteiger partial charge is 0.393 e. The fourth-order valence-corrected chi connectivity index (χ4v) is 8.85. The van der Waals surface area contributed by atoms with Gasteiger partial charge in [0.25, 0.3) is 0 Å². The molecule has 1 heteroatoms. The number of rotatable bonds is 1. The molecule has 4 rings (SSSR count). The van der Waals surface area contributed by atoms with Crippen molar-refractivity contribution >= 4 is 0 Å². The fraction of sp³-hybridized carbons (Fsp3) is 1.00. The zero-order chi connectivity index (χ0) is 17.3. The Kier molecular flexibility index (Phi) is 4.15. The van der Waals surface area contributed by atoms with Crippen molar-refractivity contribution in [3.05, 3.63) is 0 Å². The molecule has 4 aliphatic carbocycles. The molecular weight excluding hydrogens is 292 g/mol. The molecule has 138 valence electrons. The Hall–Kier alpha value is -0.0400. The van der Waals surface area contributed by atoms with Crippen LogP contribution >= 0.6 is 0 Å². The van der Waals surface area contributed by atoms with Gasteiger partial charge in [-0.3, -0.25) is 0 Å². The van der Waals surface area contributed by atoms with Crippen LogP contribution in [0.25, 0.3) is 0 Å². The summed E-state index contributed by atoms with van der Waals surface area (Å²) in [5.74, 6) is 6.02. The lowest BCUT2D eigenvalue weighted by Crippen LogP contribution is -2.56. The highest BCUT2D eigenvalue weighted by Crippen LogP contribution is 2.68. The van der Waals surface area contributed by atoms with E-state index in [1.54, 1.807) is 0 Å². The quantitative estimate of drug-likeness (QED) is 0.633. The van der Waals surface area contributed by atoms with E-state index in [0.29, 0.717) is 16.7 Å². The molecule has 0 aromatic heterocycles. The SMILES string of the molecule is CC(C)C1CCC2C3CCC4C(C)C(O)CCC4(C)C3CCC12C. The van der Waals surface area contributed by atoms with Gasteiger partial charge in [-0.25, -0.2) is 0 Å². The van der Waals surface area contributed by atoms with E-state index < -0.39 is 0 Å². The summed E-state index contributed by atoms with van der Waals surface area (Å²) in [5.41, 5.74) is 1.14. The number of hydrogen-bond donors (Lipinski definition) is 1. The van der Waals surface area contributed by atoms with Crippen LogP contribution < -0.4 is 0 Å². The molecule has 9 atom stereocenters. The van der Waals surface area contributed by atoms with Crippen molar-refractivity contribution in [1.29, 1.82) is 0 Å². The second-order valence-electron chi connectivity index (χ2n) is 11.0. The van der Waals surface area contributed by atoms with Gasteiger partial charge < -0.3 is 5.11 Å². The molecular formula is C23H40O. The van der Waals surface area contributed by atoms with Gasteiger partial charge in [-0.2, -0.15) is 0 Å². The Morgan fingerprint density at radius 1 is 0.792 bits per heavy atom. The predicted octanol–water partition coefficient (Wildman–Crippen LogP) is 5.91. The number of fused-ring (bicyclic) bond motifs is 5. The van der Waals surface area contributed by atoms with E-state index >= 15 is 0 Å². The molecule has 0 heterocycles. The molecule has 1 nitrogen and oxygen atoms in total. The van der Waals surface area contributed by atoms with Gasteiger partial charge >= 0.3 is 0 Å². The lowest BCUT2D eigenvalue weighted by atomic mass is 9.43. The summed E-state index contributed by atoms with van der Waals surface area (Å²) in [5, 5.41) is 10.4. The van der Waals surface area contributed by atoms with Gasteiger partial charge in [0.2, 0.25) is 0 Å². The van der Waals surface area contributed by atoms with Crippen molar-refractivity contribution in [1.82, 2.24) is 0 Å². The summed E-state index contributed by atoms with van der Waals surface area (Å²) >= 11 is 0. The van der Waals surface area contributed by atoms with E-state index in [4.69, 9.17) is 0 Å². The molecule has 0 amide bonds. The first-order valence-corrected chi connectivity index (χ1v) is 11.0. The Balaban J connectivity index is 1.62. The van der Waals surface area contributed by atoms with Gasteiger partial charge in [0.05, 0.1) is 6.10 Å². The number of aliphatic hydroxyl groups is 1. The Labute approximate surface area is 150 Å². The average Bonchev–Trinajstić information content (AvgIpc) is 2.89. The van der Waals surface area contributed by atoms with Crippen molar-refractivity contribution in [3.63, 3.8) is 0 Å². The second-order valence-corrected chi connectivity index (χ2v) is 11.0. The van der Waals surface area contributed by atoms with Gasteiger partial charge in [0, 0.05) is 0 Å². The minimum Gasteiger partial charge on any atom is -0.393 e. The summed E-state index contributed by atoms with van der Waals surface area (Å²) in [6, 6.07) is 0. The van der Waals surface area contributed by atoms with Crippen LogP contribution in [0.3, 0.4) is 0 Å². The summed E-state index contributed by atoms with van der Waals surface area (Å²) in [6.45, 7) is 12.5. The molecule has 4 aliphatic rings. The smallest absolute Gasteiger partial charge is 0.0568 e. The van der Waals surface area contributed by atoms with Gasteiger partial charge in [-0.15, -0.1) is 0 Å². The van der Waals surface area contributed by atoms with Crippen LogP contribution in [-0.4, -0.2) is 11.2 Å². The van der Waals surface area contributed by atoms with Crippen LogP contribution in [0.15, 0.2) is 0 Å². The van der Waals surface area contributed by atoms with Crippen molar-refractivity contribution in [3.8, 4) is 0 Å². The molecule has 4 saturated carbocycles. The second kappa shape index (κ2) is 5.73. The molecule has 0 radical (unpaired) electrons. The Morgan fingerprint density at radius 3 is 2.12 bits per heavy atom. The van der Waals surface area contributed by atoms with Crippen molar-refractivity contribution < 1.29 is 5.11 Å². The van der Waals surface area contributed by atoms with Crippen LogP contribution in [0.1, 0.15) is 86.0 Å². The zero-order valence-electron chi connectivity index (χ0n) is 16.7. The summed E-state index contributed by atoms with van der Waals surface area (Å²) in [4.78, 5) is 0. The molecule has 1 N–H and O–H groups in total. The van der Waals surface area contributed by atoms with E-state index in [9.17, 15) is 5.11 Å². The molecule has 9 unspecified atom stereocenters. The van der Waals surface area contributed by atoms with E-state index in [-0.39, 0.29) is 6.10 Å². The van der Waals surface area contributed by atoms with Gasteiger partial charge in [-0.1, -0.05) is 34.6 Å². The minimum absolute atomic E-state index is 0.0368. The van der Waals surface area contributed by atoms with Crippen LogP contribution in [0.2, 0.25) is 0 Å². The maximum absolute atomic E-state index is 10.4. The molecule has 0 saturated heterocycles. The maximum Gasteiger partial charge on any atom is 0.0568 e. The molecule has 0 bridgehead atoms. The molecule has 0 aliphatic heterocycles. The van der Waals surface area contributed by atoms with Crippen LogP contribution in [0, 0.1) is 52.3 Å². The van der Waals surface area contributed by atoms with Gasteiger partial charge in [-0.05, 0) is 104 Å². The first-order chi connectivity index (χ1) is 11.3. The lowest BCUT2D eigenvalue weighted by molar-refractivity contribution is -0.148. The highest BCUT2D eigenvalue weighted by atomic mass is 16.3. The third kappa shape index (κ3) is 2.22. The van der Waals surface area contributed by atoms with E-state index in [1.165, 1.54) is 44.9 Å². The van der Waals surface area contributed by atoms with Gasteiger partial charge in [0.15, 0.2) is 0 Å². The van der Waals surface area contributed by atoms with E-state index in [1.807, 2.05) is 0 Å². The third-order valence-corrected chi connectivity index (χ3v) is 10.0. The highest BCUT2D eigenvalue weighted by molar-refractivity contribution is 5.10. The monoisotopic (exact) mass is 332 g/mol. The first-order valence-electron chi connectivity index (χ1n) is 11.0. The van der Waals surface area contributed by atoms with Crippen LogP contribution in [0.5, 0.6) is 0 Å². The Morgan fingerprint density at radius 2 is 1.42 bits per heavy atom. The lowest BCUT2D eigenvalue weighted by Gasteiger charge is -2.62. The standard InChI is InChI=1S/C23H40O/c1-14(2)17-8-9-19-16-6-7-18-15(3)21(24)11-13-23(18,5)20(16)10-12-22(17,19)4/h14-21,24H,6-13H2,1-5H3. The fourth-order valence-electron chi connectivity index (χ4n) is 8.85. The highest BCUT2D eigenvalue weighted by Gasteiger charge is 2.61. The van der Waals surface area contributed by atoms with E-state index in [2.05, 4.69) is 34.6 Å². The van der Waals surface area contributed by atoms with Gasteiger partial charge in [0.1, 0.15) is 0 Å². The summed E-state index contributed by atoms with van der Waals surface area (Å²) in [7, 11) is 0. The third-order valence-electron chi connectivity index (χ3n) is 10.0. The molecule has 24 heavy (non-hydrogen) atoms. The van der Waals surface area contributed by atoms with E-state index in [0.717, 1.165) is 41.9 Å². The average molecular weight is 333 g/mol. The van der Waals surface area contributed by atoms with Crippen LogP contribution in [0.4, 0.5) is 0 Å². The molecule has 0 spiro atoms. The molecule has 0 aromatic rings. The Bertz CT molecular complexity index is 484. The molecule has 0 aromatic carbocycles. The molecule has 4 fully saturated rings. The normalized spacial score (nSPS) is 57.4.